The first kappa shape index (κ1) is 21.6. The van der Waals surface area contributed by atoms with E-state index in [0.29, 0.717) is 5.76 Å². The van der Waals surface area contributed by atoms with E-state index in [1.807, 2.05) is 6.07 Å². The average Bonchev–Trinajstić information content (AvgIpc) is 3.39. The predicted molar refractivity (Wildman–Crippen MR) is 153 cm³/mol. The van der Waals surface area contributed by atoms with Gasteiger partial charge in [0, 0.05) is 46.1 Å². The summed E-state index contributed by atoms with van der Waals surface area (Å²) < 4.78 is 13.6. The number of rotatable bonds is 1. The molecule has 3 aliphatic heterocycles. The molecule has 184 valence electrons. The Hall–Kier alpha value is -4.50. The molecule has 0 aromatic heterocycles. The van der Waals surface area contributed by atoms with Crippen molar-refractivity contribution in [2.24, 2.45) is 0 Å². The Bertz CT molecular complexity index is 1820. The van der Waals surface area contributed by atoms with Gasteiger partial charge in [0.15, 0.2) is 5.60 Å². The van der Waals surface area contributed by atoms with Gasteiger partial charge in [0.2, 0.25) is 0 Å². The number of fused-ring (bicyclic) bond motifs is 9. The van der Waals surface area contributed by atoms with Gasteiger partial charge in [-0.05, 0) is 40.6 Å². The maximum atomic E-state index is 6.89. The lowest BCUT2D eigenvalue weighted by atomic mass is 9.76. The molecule has 3 nitrogen and oxygen atoms in total. The van der Waals surface area contributed by atoms with Crippen LogP contribution in [0.4, 0.5) is 11.4 Å². The molecule has 0 saturated heterocycles. The molecule has 3 heteroatoms. The van der Waals surface area contributed by atoms with Crippen LogP contribution >= 0.6 is 0 Å². The Balaban J connectivity index is 1.39. The summed E-state index contributed by atoms with van der Waals surface area (Å²) in [5, 5.41) is 2.28. The zero-order chi connectivity index (χ0) is 25.6. The zero-order valence-corrected chi connectivity index (χ0v) is 21.5. The number of anilines is 2. The lowest BCUT2D eigenvalue weighted by molar-refractivity contribution is 0.127. The molecule has 1 spiro atoms. The van der Waals surface area contributed by atoms with E-state index in [9.17, 15) is 0 Å². The first-order valence-electron chi connectivity index (χ1n) is 13.2. The highest BCUT2D eigenvalue weighted by Crippen LogP contribution is 2.60. The third-order valence-electron chi connectivity index (χ3n) is 8.48. The number of hydrogen-bond donors (Lipinski definition) is 0. The largest absolute Gasteiger partial charge is 0.473 e. The summed E-state index contributed by atoms with van der Waals surface area (Å²) in [6.45, 7) is 9.85. The van der Waals surface area contributed by atoms with Gasteiger partial charge in [-0.3, -0.25) is 0 Å². The van der Waals surface area contributed by atoms with Crippen molar-refractivity contribution in [3.05, 3.63) is 138 Å². The molecule has 5 aromatic rings. The quantitative estimate of drug-likeness (QED) is 0.233. The van der Waals surface area contributed by atoms with Gasteiger partial charge in [-0.1, -0.05) is 93.2 Å². The fraction of sp³-hybridized carbons (Fsp3) is 0.143. The van der Waals surface area contributed by atoms with Crippen molar-refractivity contribution in [3.63, 3.8) is 0 Å². The molecule has 0 bridgehead atoms. The summed E-state index contributed by atoms with van der Waals surface area (Å²) in [6, 6.07) is 36.4. The Morgan fingerprint density at radius 2 is 1.50 bits per heavy atom. The number of para-hydroxylation sites is 1. The molecule has 38 heavy (non-hydrogen) atoms. The van der Waals surface area contributed by atoms with Crippen LogP contribution in [0.3, 0.4) is 0 Å². The van der Waals surface area contributed by atoms with Gasteiger partial charge in [-0.2, -0.15) is 0 Å². The second kappa shape index (κ2) is 7.29. The van der Waals surface area contributed by atoms with E-state index in [2.05, 4.69) is 122 Å². The van der Waals surface area contributed by atoms with Crippen LogP contribution in [-0.2, 0) is 15.8 Å². The summed E-state index contributed by atoms with van der Waals surface area (Å²) in [5.74, 6) is 2.32. The third-order valence-corrected chi connectivity index (χ3v) is 8.48. The smallest absolute Gasteiger partial charge is 0.193 e. The highest BCUT2D eigenvalue weighted by molar-refractivity contribution is 5.93. The van der Waals surface area contributed by atoms with Crippen molar-refractivity contribution in [2.75, 3.05) is 11.4 Å². The van der Waals surface area contributed by atoms with Crippen LogP contribution in [0.5, 0.6) is 11.5 Å². The molecule has 3 heterocycles. The Morgan fingerprint density at radius 3 is 2.39 bits per heavy atom. The first-order chi connectivity index (χ1) is 18.5. The standard InChI is InChI=1S/C35H27NO2/c1-22-25-11-6-7-13-27(25)35(38-22)29-18-17-24(36-21-34(2,3)28-14-8-9-15-30(28)36)20-32(29)37-31-19-16-23-10-4-5-12-26(23)33(31)35/h4-20H,1,21H2,2-3H3. The van der Waals surface area contributed by atoms with E-state index in [4.69, 9.17) is 9.47 Å². The summed E-state index contributed by atoms with van der Waals surface area (Å²) in [7, 11) is 0. The van der Waals surface area contributed by atoms with E-state index in [0.717, 1.165) is 56.8 Å². The first-order valence-corrected chi connectivity index (χ1v) is 13.2. The molecule has 8 rings (SSSR count). The maximum absolute atomic E-state index is 6.89. The van der Waals surface area contributed by atoms with E-state index in [1.54, 1.807) is 0 Å². The lowest BCUT2D eigenvalue weighted by Gasteiger charge is -2.38. The van der Waals surface area contributed by atoms with E-state index in [1.165, 1.54) is 11.3 Å². The van der Waals surface area contributed by atoms with Crippen LogP contribution < -0.4 is 9.64 Å². The van der Waals surface area contributed by atoms with Crippen LogP contribution in [0.2, 0.25) is 0 Å². The Labute approximate surface area is 222 Å². The molecule has 0 fully saturated rings. The highest BCUT2D eigenvalue weighted by atomic mass is 16.5. The Kier molecular flexibility index (Phi) is 4.14. The highest BCUT2D eigenvalue weighted by Gasteiger charge is 2.52. The maximum Gasteiger partial charge on any atom is 0.193 e. The van der Waals surface area contributed by atoms with E-state index in [-0.39, 0.29) is 5.41 Å². The monoisotopic (exact) mass is 493 g/mol. The molecule has 0 radical (unpaired) electrons. The Morgan fingerprint density at radius 1 is 0.737 bits per heavy atom. The summed E-state index contributed by atoms with van der Waals surface area (Å²) in [4.78, 5) is 2.41. The third kappa shape index (κ3) is 2.68. The molecule has 5 aromatic carbocycles. The number of ether oxygens (including phenoxy) is 2. The van der Waals surface area contributed by atoms with Crippen molar-refractivity contribution in [3.8, 4) is 11.5 Å². The lowest BCUT2D eigenvalue weighted by Crippen LogP contribution is -2.32. The molecule has 3 aliphatic rings. The van der Waals surface area contributed by atoms with Gasteiger partial charge in [0.05, 0.1) is 5.56 Å². The van der Waals surface area contributed by atoms with Crippen LogP contribution in [0, 0.1) is 0 Å². The molecular weight excluding hydrogens is 466 g/mol. The van der Waals surface area contributed by atoms with Crippen LogP contribution in [0.1, 0.15) is 41.7 Å². The van der Waals surface area contributed by atoms with Crippen molar-refractivity contribution in [2.45, 2.75) is 24.9 Å². The summed E-state index contributed by atoms with van der Waals surface area (Å²) in [6.07, 6.45) is 0. The second-order valence-electron chi connectivity index (χ2n) is 11.2. The minimum absolute atomic E-state index is 0.0608. The van der Waals surface area contributed by atoms with Gasteiger partial charge < -0.3 is 14.4 Å². The van der Waals surface area contributed by atoms with Crippen LogP contribution in [0.25, 0.3) is 16.5 Å². The number of nitrogens with zero attached hydrogens (tertiary/aromatic N) is 1. The molecule has 1 atom stereocenters. The van der Waals surface area contributed by atoms with Crippen molar-refractivity contribution < 1.29 is 9.47 Å². The van der Waals surface area contributed by atoms with Gasteiger partial charge in [-0.25, -0.2) is 0 Å². The van der Waals surface area contributed by atoms with E-state index < -0.39 is 5.60 Å². The predicted octanol–water partition coefficient (Wildman–Crippen LogP) is 8.67. The normalized spacial score (nSPS) is 19.9. The zero-order valence-electron chi connectivity index (χ0n) is 21.5. The van der Waals surface area contributed by atoms with Gasteiger partial charge >= 0.3 is 0 Å². The number of benzene rings is 5. The molecule has 0 aliphatic carbocycles. The molecule has 1 unspecified atom stereocenters. The number of hydrogen-bond acceptors (Lipinski definition) is 3. The van der Waals surface area contributed by atoms with Crippen molar-refractivity contribution in [1.29, 1.82) is 0 Å². The van der Waals surface area contributed by atoms with E-state index >= 15 is 0 Å². The molecule has 0 N–H and O–H groups in total. The fourth-order valence-electron chi connectivity index (χ4n) is 6.80. The van der Waals surface area contributed by atoms with Crippen molar-refractivity contribution >= 4 is 27.9 Å². The second-order valence-corrected chi connectivity index (χ2v) is 11.2. The van der Waals surface area contributed by atoms with Gasteiger partial charge in [0.25, 0.3) is 0 Å². The minimum Gasteiger partial charge on any atom is -0.473 e. The molecule has 0 amide bonds. The minimum atomic E-state index is -0.835. The molecular formula is C35H27NO2. The SMILES string of the molecule is C=C1OC2(c3ccc(N4CC(C)(C)c5ccccc54)cc3Oc3ccc4ccccc4c32)c2ccccc21. The summed E-state index contributed by atoms with van der Waals surface area (Å²) >= 11 is 0. The van der Waals surface area contributed by atoms with Crippen LogP contribution in [0.15, 0.2) is 110 Å². The summed E-state index contributed by atoms with van der Waals surface area (Å²) in [5.41, 5.74) is 7.15. The topological polar surface area (TPSA) is 21.7 Å². The van der Waals surface area contributed by atoms with Crippen LogP contribution in [-0.4, -0.2) is 6.54 Å². The molecule has 0 saturated carbocycles. The fourth-order valence-corrected chi connectivity index (χ4v) is 6.80. The van der Waals surface area contributed by atoms with Crippen molar-refractivity contribution in [1.82, 2.24) is 0 Å². The average molecular weight is 494 g/mol. The van der Waals surface area contributed by atoms with Gasteiger partial charge in [0.1, 0.15) is 17.3 Å². The van der Waals surface area contributed by atoms with Gasteiger partial charge in [-0.15, -0.1) is 0 Å².